The summed E-state index contributed by atoms with van der Waals surface area (Å²) in [7, 11) is 0. The highest BCUT2D eigenvalue weighted by Crippen LogP contribution is 2.29. The van der Waals surface area contributed by atoms with Gasteiger partial charge in [0, 0.05) is 4.47 Å². The number of carbonyl (C=O) groups is 1. The highest BCUT2D eigenvalue weighted by Gasteiger charge is 2.14. The molecule has 0 bridgehead atoms. The molecule has 1 amide bonds. The van der Waals surface area contributed by atoms with E-state index in [1.807, 2.05) is 26.0 Å². The number of hydrogen-bond acceptors (Lipinski definition) is 3. The van der Waals surface area contributed by atoms with Gasteiger partial charge < -0.3 is 15.8 Å². The van der Waals surface area contributed by atoms with Crippen LogP contribution in [0.15, 0.2) is 40.9 Å². The maximum atomic E-state index is 12.4. The topological polar surface area (TPSA) is 64.3 Å². The fraction of sp³-hybridized carbons (Fsp3) is 0.188. The van der Waals surface area contributed by atoms with Gasteiger partial charge in [-0.05, 0) is 43.7 Å². The maximum absolute atomic E-state index is 12.4. The Morgan fingerprint density at radius 1 is 1.33 bits per heavy atom. The normalized spacial score (nSPS) is 10.2. The molecule has 3 N–H and O–H groups in total. The molecule has 0 aliphatic heterocycles. The number of aryl methyl sites for hydroxylation is 1. The van der Waals surface area contributed by atoms with Crippen molar-refractivity contribution in [3.8, 4) is 5.75 Å². The van der Waals surface area contributed by atoms with Crippen molar-refractivity contribution in [3.05, 3.63) is 52.0 Å². The van der Waals surface area contributed by atoms with Crippen molar-refractivity contribution in [2.24, 2.45) is 0 Å². The Morgan fingerprint density at radius 3 is 2.71 bits per heavy atom. The molecule has 2 rings (SSSR count). The molecular weight excluding hydrogens is 332 g/mol. The van der Waals surface area contributed by atoms with Crippen LogP contribution in [-0.4, -0.2) is 12.5 Å². The SMILES string of the molecule is CCOc1ccccc1C(=O)Nc1c(C)cc(Br)cc1N. The van der Waals surface area contributed by atoms with Crippen LogP contribution in [0.25, 0.3) is 0 Å². The van der Waals surface area contributed by atoms with Gasteiger partial charge in [0.1, 0.15) is 5.75 Å². The zero-order chi connectivity index (χ0) is 15.4. The fourth-order valence-electron chi connectivity index (χ4n) is 2.06. The van der Waals surface area contributed by atoms with Gasteiger partial charge in [0.05, 0.1) is 23.5 Å². The van der Waals surface area contributed by atoms with Gasteiger partial charge in [0.25, 0.3) is 5.91 Å². The van der Waals surface area contributed by atoms with E-state index >= 15 is 0 Å². The average molecular weight is 349 g/mol. The molecule has 0 atom stereocenters. The molecule has 0 saturated heterocycles. The van der Waals surface area contributed by atoms with Crippen LogP contribution >= 0.6 is 15.9 Å². The molecule has 5 heteroatoms. The van der Waals surface area contributed by atoms with E-state index in [0.29, 0.717) is 29.3 Å². The fourth-order valence-corrected chi connectivity index (χ4v) is 2.65. The first kappa shape index (κ1) is 15.4. The molecule has 0 aliphatic carbocycles. The predicted octanol–water partition coefficient (Wildman–Crippen LogP) is 3.99. The largest absolute Gasteiger partial charge is 0.493 e. The van der Waals surface area contributed by atoms with Gasteiger partial charge in [0.15, 0.2) is 0 Å². The molecule has 0 spiro atoms. The van der Waals surface area contributed by atoms with E-state index in [9.17, 15) is 4.79 Å². The van der Waals surface area contributed by atoms with E-state index in [4.69, 9.17) is 10.5 Å². The summed E-state index contributed by atoms with van der Waals surface area (Å²) in [4.78, 5) is 12.4. The van der Waals surface area contributed by atoms with Crippen molar-refractivity contribution >= 4 is 33.2 Å². The van der Waals surface area contributed by atoms with Crippen LogP contribution < -0.4 is 15.8 Å². The number of anilines is 2. The van der Waals surface area contributed by atoms with E-state index in [1.165, 1.54) is 0 Å². The summed E-state index contributed by atoms with van der Waals surface area (Å²) >= 11 is 3.38. The first-order chi connectivity index (χ1) is 10.0. The second-order valence-corrected chi connectivity index (χ2v) is 5.49. The van der Waals surface area contributed by atoms with Crippen LogP contribution in [0.5, 0.6) is 5.75 Å². The lowest BCUT2D eigenvalue weighted by Crippen LogP contribution is -2.15. The summed E-state index contributed by atoms with van der Waals surface area (Å²) in [5.41, 5.74) is 8.49. The van der Waals surface area contributed by atoms with Crippen molar-refractivity contribution in [1.82, 2.24) is 0 Å². The number of nitrogens with one attached hydrogen (secondary N) is 1. The van der Waals surface area contributed by atoms with Crippen molar-refractivity contribution in [2.75, 3.05) is 17.7 Å². The summed E-state index contributed by atoms with van der Waals surface area (Å²) in [5, 5.41) is 2.86. The van der Waals surface area contributed by atoms with E-state index < -0.39 is 0 Å². The highest BCUT2D eigenvalue weighted by atomic mass is 79.9. The van der Waals surface area contributed by atoms with Crippen molar-refractivity contribution in [1.29, 1.82) is 0 Å². The molecule has 0 aliphatic rings. The lowest BCUT2D eigenvalue weighted by molar-refractivity contribution is 0.102. The number of nitrogen functional groups attached to an aromatic ring is 1. The predicted molar refractivity (Wildman–Crippen MR) is 88.9 cm³/mol. The van der Waals surface area contributed by atoms with Crippen LogP contribution in [0.4, 0.5) is 11.4 Å². The minimum absolute atomic E-state index is 0.240. The molecule has 2 aromatic rings. The molecule has 0 fully saturated rings. The molecule has 4 nitrogen and oxygen atoms in total. The molecule has 0 saturated carbocycles. The third-order valence-corrected chi connectivity index (χ3v) is 3.46. The Labute approximate surface area is 132 Å². The van der Waals surface area contributed by atoms with Gasteiger partial charge in [-0.2, -0.15) is 0 Å². The molecule has 0 radical (unpaired) electrons. The second-order valence-electron chi connectivity index (χ2n) is 4.57. The third kappa shape index (κ3) is 3.55. The molecule has 0 unspecified atom stereocenters. The molecular formula is C16H17BrN2O2. The van der Waals surface area contributed by atoms with E-state index in [1.54, 1.807) is 24.3 Å². The van der Waals surface area contributed by atoms with Gasteiger partial charge in [-0.25, -0.2) is 0 Å². The Morgan fingerprint density at radius 2 is 2.05 bits per heavy atom. The van der Waals surface area contributed by atoms with Crippen molar-refractivity contribution in [3.63, 3.8) is 0 Å². The summed E-state index contributed by atoms with van der Waals surface area (Å²) in [5.74, 6) is 0.321. The summed E-state index contributed by atoms with van der Waals surface area (Å²) in [6.45, 7) is 4.28. The van der Waals surface area contributed by atoms with Crippen LogP contribution in [0, 0.1) is 6.92 Å². The number of amides is 1. The highest BCUT2D eigenvalue weighted by molar-refractivity contribution is 9.10. The summed E-state index contributed by atoms with van der Waals surface area (Å²) in [6, 6.07) is 10.8. The van der Waals surface area contributed by atoms with Gasteiger partial charge >= 0.3 is 0 Å². The second kappa shape index (κ2) is 6.63. The Kier molecular flexibility index (Phi) is 4.85. The minimum Gasteiger partial charge on any atom is -0.493 e. The number of benzene rings is 2. The van der Waals surface area contributed by atoms with Gasteiger partial charge in [-0.3, -0.25) is 4.79 Å². The molecule has 0 heterocycles. The van der Waals surface area contributed by atoms with E-state index in [-0.39, 0.29) is 5.91 Å². The van der Waals surface area contributed by atoms with Crippen molar-refractivity contribution < 1.29 is 9.53 Å². The number of ether oxygens (including phenoxy) is 1. The Hall–Kier alpha value is -2.01. The first-order valence-electron chi connectivity index (χ1n) is 6.61. The number of para-hydroxylation sites is 1. The zero-order valence-corrected chi connectivity index (χ0v) is 13.5. The lowest BCUT2D eigenvalue weighted by Gasteiger charge is -2.14. The first-order valence-corrected chi connectivity index (χ1v) is 7.41. The lowest BCUT2D eigenvalue weighted by atomic mass is 10.1. The molecule has 21 heavy (non-hydrogen) atoms. The zero-order valence-electron chi connectivity index (χ0n) is 11.9. The van der Waals surface area contributed by atoms with Crippen LogP contribution in [0.3, 0.4) is 0 Å². The van der Waals surface area contributed by atoms with Crippen LogP contribution in [0.1, 0.15) is 22.8 Å². The summed E-state index contributed by atoms with van der Waals surface area (Å²) in [6.07, 6.45) is 0. The van der Waals surface area contributed by atoms with Gasteiger partial charge in [-0.15, -0.1) is 0 Å². The van der Waals surface area contributed by atoms with Gasteiger partial charge in [0.2, 0.25) is 0 Å². The molecule has 2 aromatic carbocycles. The standard InChI is InChI=1S/C16H17BrN2O2/c1-3-21-14-7-5-4-6-12(14)16(20)19-15-10(2)8-11(17)9-13(15)18/h4-9H,3,18H2,1-2H3,(H,19,20). The number of hydrogen-bond donors (Lipinski definition) is 2. The number of carbonyl (C=O) groups excluding carboxylic acids is 1. The van der Waals surface area contributed by atoms with Crippen LogP contribution in [0.2, 0.25) is 0 Å². The Balaban J connectivity index is 2.31. The minimum atomic E-state index is -0.240. The number of halogens is 1. The average Bonchev–Trinajstić information content (AvgIpc) is 2.43. The van der Waals surface area contributed by atoms with Gasteiger partial charge in [-0.1, -0.05) is 28.1 Å². The van der Waals surface area contributed by atoms with E-state index in [2.05, 4.69) is 21.2 Å². The Bertz CT molecular complexity index is 648. The van der Waals surface area contributed by atoms with Crippen molar-refractivity contribution in [2.45, 2.75) is 13.8 Å². The molecule has 110 valence electrons. The number of nitrogens with two attached hydrogens (primary N) is 1. The summed E-state index contributed by atoms with van der Waals surface area (Å²) < 4.78 is 6.36. The third-order valence-electron chi connectivity index (χ3n) is 3.00. The number of rotatable bonds is 4. The quantitative estimate of drug-likeness (QED) is 0.821. The smallest absolute Gasteiger partial charge is 0.259 e. The van der Waals surface area contributed by atoms with E-state index in [0.717, 1.165) is 10.0 Å². The van der Waals surface area contributed by atoms with Crippen LogP contribution in [-0.2, 0) is 0 Å². The monoisotopic (exact) mass is 348 g/mol. The maximum Gasteiger partial charge on any atom is 0.259 e. The molecule has 0 aromatic heterocycles.